The van der Waals surface area contributed by atoms with Gasteiger partial charge in [0.15, 0.2) is 5.78 Å². The summed E-state index contributed by atoms with van der Waals surface area (Å²) in [7, 11) is 1.59. The molecule has 0 bridgehead atoms. The third kappa shape index (κ3) is 1.48. The summed E-state index contributed by atoms with van der Waals surface area (Å²) in [5.74, 6) is -0.214. The summed E-state index contributed by atoms with van der Waals surface area (Å²) in [4.78, 5) is 12.1. The lowest BCUT2D eigenvalue weighted by molar-refractivity contribution is -0.114. The Kier molecular flexibility index (Phi) is 2.08. The number of likely N-dealkylation sites (N-methyl/N-ethyl adjacent to an activating group) is 1. The van der Waals surface area contributed by atoms with Crippen LogP contribution in [-0.2, 0) is 4.79 Å². The highest BCUT2D eigenvalue weighted by atomic mass is 19.1. The van der Waals surface area contributed by atoms with Crippen LogP contribution in [0.15, 0.2) is 23.9 Å². The molecule has 0 spiro atoms. The third-order valence-corrected chi connectivity index (χ3v) is 1.62. The average Bonchev–Trinajstić information content (AvgIpc) is 1.94. The molecule has 1 unspecified atom stereocenters. The van der Waals surface area contributed by atoms with E-state index in [9.17, 15) is 9.18 Å². The lowest BCUT2D eigenvalue weighted by atomic mass is 10.1. The fraction of sp³-hybridized carbons (Fsp3) is 0.375. The number of nitrogens with zero attached hydrogens (tertiary/aromatic N) is 1. The minimum Gasteiger partial charge on any atom is -0.348 e. The molecule has 0 radical (unpaired) electrons. The first-order valence-electron chi connectivity index (χ1n) is 3.38. The smallest absolute Gasteiger partial charge is 0.201 e. The van der Waals surface area contributed by atoms with Crippen molar-refractivity contribution in [3.05, 3.63) is 23.9 Å². The summed E-state index contributed by atoms with van der Waals surface area (Å²) in [6.45, 7) is 1.37. The zero-order valence-electron chi connectivity index (χ0n) is 6.54. The number of carbonyl (C=O) groups is 1. The molecule has 1 aliphatic rings. The fourth-order valence-corrected chi connectivity index (χ4v) is 0.942. The van der Waals surface area contributed by atoms with Crippen molar-refractivity contribution in [2.24, 2.45) is 0 Å². The van der Waals surface area contributed by atoms with Crippen LogP contribution in [0.3, 0.4) is 0 Å². The molecule has 0 aromatic heterocycles. The minimum atomic E-state index is -1.28. The number of alkyl halides is 1. The van der Waals surface area contributed by atoms with Crippen LogP contribution in [0.5, 0.6) is 0 Å². The monoisotopic (exact) mass is 155 g/mol. The Labute approximate surface area is 65.0 Å². The van der Waals surface area contributed by atoms with Crippen molar-refractivity contribution in [1.29, 1.82) is 0 Å². The van der Waals surface area contributed by atoms with E-state index >= 15 is 0 Å². The topological polar surface area (TPSA) is 20.3 Å². The van der Waals surface area contributed by atoms with Crippen LogP contribution in [-0.4, -0.2) is 24.0 Å². The predicted octanol–water partition coefficient (Wildman–Crippen LogP) is 1.26. The van der Waals surface area contributed by atoms with Gasteiger partial charge in [0.2, 0.25) is 6.30 Å². The Morgan fingerprint density at radius 1 is 1.73 bits per heavy atom. The maximum Gasteiger partial charge on any atom is 0.201 e. The van der Waals surface area contributed by atoms with Crippen molar-refractivity contribution >= 4 is 5.78 Å². The molecular weight excluding hydrogens is 145 g/mol. The van der Waals surface area contributed by atoms with E-state index in [0.717, 1.165) is 0 Å². The molecule has 1 rings (SSSR count). The minimum absolute atomic E-state index is 0.214. The van der Waals surface area contributed by atoms with Gasteiger partial charge in [0.1, 0.15) is 0 Å². The van der Waals surface area contributed by atoms with Crippen LogP contribution in [0, 0.1) is 0 Å². The normalized spacial score (nSPS) is 23.4. The van der Waals surface area contributed by atoms with Crippen molar-refractivity contribution in [2.75, 3.05) is 7.05 Å². The van der Waals surface area contributed by atoms with Crippen LogP contribution < -0.4 is 0 Å². The molecule has 0 amide bonds. The highest BCUT2D eigenvalue weighted by Gasteiger charge is 2.21. The molecule has 0 N–H and O–H groups in total. The maximum absolute atomic E-state index is 13.1. The van der Waals surface area contributed by atoms with Gasteiger partial charge in [-0.3, -0.25) is 4.79 Å². The van der Waals surface area contributed by atoms with Gasteiger partial charge in [0.25, 0.3) is 0 Å². The molecule has 0 fully saturated rings. The lowest BCUT2D eigenvalue weighted by Crippen LogP contribution is -2.29. The second-order valence-corrected chi connectivity index (χ2v) is 2.52. The maximum atomic E-state index is 13.1. The standard InChI is InChI=1S/C8H10FNO/c1-6(11)7-4-3-5-10(2)8(7)9/h3-5,8H,1-2H3. The molecule has 3 heteroatoms. The summed E-state index contributed by atoms with van der Waals surface area (Å²) in [5, 5.41) is 0. The molecule has 1 aliphatic heterocycles. The highest BCUT2D eigenvalue weighted by molar-refractivity contribution is 5.94. The van der Waals surface area contributed by atoms with Crippen molar-refractivity contribution in [3.8, 4) is 0 Å². The van der Waals surface area contributed by atoms with Crippen molar-refractivity contribution < 1.29 is 9.18 Å². The Balaban J connectivity index is 2.87. The summed E-state index contributed by atoms with van der Waals surface area (Å²) in [6.07, 6.45) is 3.48. The van der Waals surface area contributed by atoms with Gasteiger partial charge >= 0.3 is 0 Å². The van der Waals surface area contributed by atoms with E-state index in [0.29, 0.717) is 0 Å². The molecule has 0 aliphatic carbocycles. The zero-order valence-corrected chi connectivity index (χ0v) is 6.54. The first kappa shape index (κ1) is 7.98. The second kappa shape index (κ2) is 2.86. The molecule has 60 valence electrons. The van der Waals surface area contributed by atoms with Gasteiger partial charge in [-0.2, -0.15) is 0 Å². The van der Waals surface area contributed by atoms with Crippen LogP contribution in [0.2, 0.25) is 0 Å². The number of rotatable bonds is 1. The summed E-state index contributed by atoms with van der Waals surface area (Å²) in [5.41, 5.74) is 0.218. The summed E-state index contributed by atoms with van der Waals surface area (Å²) in [6, 6.07) is 0. The van der Waals surface area contributed by atoms with E-state index in [1.165, 1.54) is 17.9 Å². The number of carbonyl (C=O) groups excluding carboxylic acids is 1. The Morgan fingerprint density at radius 2 is 2.36 bits per heavy atom. The molecule has 2 nitrogen and oxygen atoms in total. The number of hydrogen-bond acceptors (Lipinski definition) is 2. The number of allylic oxidation sites excluding steroid dienone is 2. The first-order chi connectivity index (χ1) is 5.13. The third-order valence-electron chi connectivity index (χ3n) is 1.62. The largest absolute Gasteiger partial charge is 0.348 e. The number of halogens is 1. The van der Waals surface area contributed by atoms with E-state index in [1.807, 2.05) is 0 Å². The van der Waals surface area contributed by atoms with E-state index < -0.39 is 6.30 Å². The van der Waals surface area contributed by atoms with Crippen LogP contribution >= 0.6 is 0 Å². The molecular formula is C8H10FNO. The lowest BCUT2D eigenvalue weighted by Gasteiger charge is -2.23. The van der Waals surface area contributed by atoms with Gasteiger partial charge in [-0.1, -0.05) is 0 Å². The van der Waals surface area contributed by atoms with Crippen LogP contribution in [0.1, 0.15) is 6.92 Å². The van der Waals surface area contributed by atoms with Gasteiger partial charge < -0.3 is 4.90 Å². The zero-order chi connectivity index (χ0) is 8.43. The Morgan fingerprint density at radius 3 is 2.82 bits per heavy atom. The molecule has 0 saturated carbocycles. The summed E-state index contributed by atoms with van der Waals surface area (Å²) >= 11 is 0. The molecule has 0 aromatic rings. The van der Waals surface area contributed by atoms with Crippen LogP contribution in [0.4, 0.5) is 4.39 Å². The highest BCUT2D eigenvalue weighted by Crippen LogP contribution is 2.16. The van der Waals surface area contributed by atoms with Crippen molar-refractivity contribution in [2.45, 2.75) is 13.2 Å². The SMILES string of the molecule is CC(=O)C1=CC=CN(C)C1F. The van der Waals surface area contributed by atoms with E-state index in [1.54, 1.807) is 19.3 Å². The molecule has 0 aromatic carbocycles. The fourth-order valence-electron chi connectivity index (χ4n) is 0.942. The number of hydrogen-bond donors (Lipinski definition) is 0. The van der Waals surface area contributed by atoms with Gasteiger partial charge in [0.05, 0.1) is 0 Å². The van der Waals surface area contributed by atoms with Crippen LogP contribution in [0.25, 0.3) is 0 Å². The van der Waals surface area contributed by atoms with Gasteiger partial charge in [0, 0.05) is 18.8 Å². The summed E-state index contributed by atoms with van der Waals surface area (Å²) < 4.78 is 13.1. The Bertz CT molecular complexity index is 232. The average molecular weight is 155 g/mol. The molecule has 0 saturated heterocycles. The van der Waals surface area contributed by atoms with Gasteiger partial charge in [-0.15, -0.1) is 0 Å². The van der Waals surface area contributed by atoms with Gasteiger partial charge in [-0.05, 0) is 19.1 Å². The van der Waals surface area contributed by atoms with Crippen molar-refractivity contribution in [1.82, 2.24) is 4.90 Å². The van der Waals surface area contributed by atoms with Gasteiger partial charge in [-0.25, -0.2) is 4.39 Å². The molecule has 1 atom stereocenters. The predicted molar refractivity (Wildman–Crippen MR) is 40.6 cm³/mol. The van der Waals surface area contributed by atoms with E-state index in [-0.39, 0.29) is 11.4 Å². The van der Waals surface area contributed by atoms with E-state index in [4.69, 9.17) is 0 Å². The number of Topliss-reactive ketones (excluding diaryl/α,β-unsaturated/α-hetero) is 1. The van der Waals surface area contributed by atoms with E-state index in [2.05, 4.69) is 0 Å². The number of ketones is 1. The van der Waals surface area contributed by atoms with Crippen molar-refractivity contribution in [3.63, 3.8) is 0 Å². The quantitative estimate of drug-likeness (QED) is 0.531. The second-order valence-electron chi connectivity index (χ2n) is 2.52. The Hall–Kier alpha value is -1.12. The molecule has 1 heterocycles. The first-order valence-corrected chi connectivity index (χ1v) is 3.38. The molecule has 11 heavy (non-hydrogen) atoms.